The fourth-order valence-corrected chi connectivity index (χ4v) is 2.12. The van der Waals surface area contributed by atoms with Crippen molar-refractivity contribution in [3.63, 3.8) is 0 Å². The van der Waals surface area contributed by atoms with Crippen molar-refractivity contribution in [2.45, 2.75) is 44.6 Å². The molecule has 1 aliphatic rings. The molecule has 2 heterocycles. The van der Waals surface area contributed by atoms with Gasteiger partial charge in [0.2, 0.25) is 6.43 Å². The van der Waals surface area contributed by atoms with Crippen LogP contribution in [0, 0.1) is 0 Å². The zero-order valence-electron chi connectivity index (χ0n) is 9.27. The van der Waals surface area contributed by atoms with Gasteiger partial charge in [-0.2, -0.15) is 0 Å². The Labute approximate surface area is 97.3 Å². The Morgan fingerprint density at radius 2 is 2.29 bits per heavy atom. The molecule has 0 aliphatic carbocycles. The first-order valence-corrected chi connectivity index (χ1v) is 5.64. The Morgan fingerprint density at radius 1 is 1.53 bits per heavy atom. The Morgan fingerprint density at radius 3 is 2.88 bits per heavy atom. The molecule has 0 aromatic carbocycles. The largest absolute Gasteiger partial charge is 0.481 e. The number of rotatable bonds is 4. The Hall–Kier alpha value is -1.46. The number of hydrogen-bond acceptors (Lipinski definition) is 2. The van der Waals surface area contributed by atoms with Crippen LogP contribution < -0.4 is 0 Å². The third-order valence-electron chi connectivity index (χ3n) is 3.01. The molecule has 0 saturated heterocycles. The number of aryl methyl sites for hydroxylation is 2. The van der Waals surface area contributed by atoms with Gasteiger partial charge in [0.15, 0.2) is 0 Å². The molecule has 1 aliphatic heterocycles. The highest BCUT2D eigenvalue weighted by atomic mass is 19.3. The average molecular weight is 244 g/mol. The number of alkyl halides is 2. The van der Waals surface area contributed by atoms with E-state index in [9.17, 15) is 13.6 Å². The Kier molecular flexibility index (Phi) is 3.40. The SMILES string of the molecule is O=C(O)CC(c1cn2c(n1)CCCC2)C(F)F. The fraction of sp³-hybridized carbons (Fsp3) is 0.636. The molecule has 4 nitrogen and oxygen atoms in total. The normalized spacial score (nSPS) is 16.9. The molecular formula is C11H14F2N2O2. The van der Waals surface area contributed by atoms with Crippen LogP contribution in [0.2, 0.25) is 0 Å². The van der Waals surface area contributed by atoms with Gasteiger partial charge in [0.25, 0.3) is 0 Å². The molecule has 17 heavy (non-hydrogen) atoms. The number of fused-ring (bicyclic) bond motifs is 1. The van der Waals surface area contributed by atoms with Crippen LogP contribution in [0.5, 0.6) is 0 Å². The van der Waals surface area contributed by atoms with Crippen LogP contribution in [0.3, 0.4) is 0 Å². The molecule has 6 heteroatoms. The van der Waals surface area contributed by atoms with E-state index in [1.807, 2.05) is 4.57 Å². The summed E-state index contributed by atoms with van der Waals surface area (Å²) in [6.45, 7) is 0.783. The number of carboxylic acids is 1. The van der Waals surface area contributed by atoms with Gasteiger partial charge < -0.3 is 9.67 Å². The maximum atomic E-state index is 12.8. The van der Waals surface area contributed by atoms with E-state index in [-0.39, 0.29) is 5.69 Å². The van der Waals surface area contributed by atoms with Gasteiger partial charge >= 0.3 is 5.97 Å². The summed E-state index contributed by atoms with van der Waals surface area (Å²) >= 11 is 0. The van der Waals surface area contributed by atoms with E-state index in [0.717, 1.165) is 31.6 Å². The van der Waals surface area contributed by atoms with Crippen molar-refractivity contribution >= 4 is 5.97 Å². The van der Waals surface area contributed by atoms with Crippen LogP contribution in [0.25, 0.3) is 0 Å². The lowest BCUT2D eigenvalue weighted by Gasteiger charge is -2.12. The van der Waals surface area contributed by atoms with E-state index in [1.54, 1.807) is 6.20 Å². The summed E-state index contributed by atoms with van der Waals surface area (Å²) in [5.74, 6) is -1.73. The predicted molar refractivity (Wildman–Crippen MR) is 56.2 cm³/mol. The van der Waals surface area contributed by atoms with Crippen molar-refractivity contribution in [2.75, 3.05) is 0 Å². The molecule has 1 unspecified atom stereocenters. The zero-order valence-corrected chi connectivity index (χ0v) is 9.27. The standard InChI is InChI=1S/C11H14F2N2O2/c12-11(13)7(5-10(16)17)8-6-15-4-2-1-3-9(15)14-8/h6-7,11H,1-5H2,(H,16,17). The summed E-state index contributed by atoms with van der Waals surface area (Å²) < 4.78 is 27.5. The second kappa shape index (κ2) is 4.81. The number of hydrogen-bond donors (Lipinski definition) is 1. The fourth-order valence-electron chi connectivity index (χ4n) is 2.12. The van der Waals surface area contributed by atoms with E-state index >= 15 is 0 Å². The maximum absolute atomic E-state index is 12.8. The molecule has 0 saturated carbocycles. The van der Waals surface area contributed by atoms with Gasteiger partial charge in [-0.1, -0.05) is 0 Å². The van der Waals surface area contributed by atoms with Crippen molar-refractivity contribution in [3.8, 4) is 0 Å². The zero-order chi connectivity index (χ0) is 12.4. The molecule has 0 spiro atoms. The molecule has 1 N–H and O–H groups in total. The van der Waals surface area contributed by atoms with Crippen LogP contribution in [-0.4, -0.2) is 27.1 Å². The molecule has 1 atom stereocenters. The molecule has 1 aromatic heterocycles. The molecule has 2 rings (SSSR count). The quantitative estimate of drug-likeness (QED) is 0.881. The molecular weight excluding hydrogens is 230 g/mol. The van der Waals surface area contributed by atoms with E-state index in [2.05, 4.69) is 4.98 Å². The smallest absolute Gasteiger partial charge is 0.304 e. The van der Waals surface area contributed by atoms with Crippen LogP contribution in [0.15, 0.2) is 6.20 Å². The first-order valence-electron chi connectivity index (χ1n) is 5.64. The highest BCUT2D eigenvalue weighted by Gasteiger charge is 2.28. The number of aromatic nitrogens is 2. The highest BCUT2D eigenvalue weighted by molar-refractivity contribution is 5.68. The Balaban J connectivity index is 2.23. The third-order valence-corrected chi connectivity index (χ3v) is 3.01. The van der Waals surface area contributed by atoms with Gasteiger partial charge in [0, 0.05) is 19.2 Å². The number of aliphatic carboxylic acids is 1. The summed E-state index contributed by atoms with van der Waals surface area (Å²) in [5.41, 5.74) is 0.208. The minimum atomic E-state index is -2.69. The number of carboxylic acid groups (broad SMARTS) is 1. The molecule has 0 amide bonds. The van der Waals surface area contributed by atoms with Crippen molar-refractivity contribution < 1.29 is 18.7 Å². The monoisotopic (exact) mass is 244 g/mol. The first kappa shape index (κ1) is 12.0. The number of halogens is 2. The van der Waals surface area contributed by atoms with Crippen molar-refractivity contribution in [1.29, 1.82) is 0 Å². The summed E-state index contributed by atoms with van der Waals surface area (Å²) in [4.78, 5) is 14.7. The lowest BCUT2D eigenvalue weighted by molar-refractivity contribution is -0.138. The summed E-state index contributed by atoms with van der Waals surface area (Å²) in [5, 5.41) is 8.63. The molecule has 0 radical (unpaired) electrons. The van der Waals surface area contributed by atoms with E-state index < -0.39 is 24.7 Å². The van der Waals surface area contributed by atoms with Crippen molar-refractivity contribution in [2.24, 2.45) is 0 Å². The lowest BCUT2D eigenvalue weighted by atomic mass is 10.0. The first-order chi connectivity index (χ1) is 8.08. The second-order valence-corrected chi connectivity index (χ2v) is 4.27. The van der Waals surface area contributed by atoms with E-state index in [0.29, 0.717) is 0 Å². The van der Waals surface area contributed by atoms with E-state index in [1.165, 1.54) is 0 Å². The molecule has 0 bridgehead atoms. The number of nitrogens with zero attached hydrogens (tertiary/aromatic N) is 2. The third kappa shape index (κ3) is 2.62. The van der Waals surface area contributed by atoms with Crippen LogP contribution in [0.1, 0.15) is 36.7 Å². The van der Waals surface area contributed by atoms with E-state index in [4.69, 9.17) is 5.11 Å². The van der Waals surface area contributed by atoms with Gasteiger partial charge in [-0.05, 0) is 12.8 Å². The lowest BCUT2D eigenvalue weighted by Crippen LogP contribution is -2.14. The molecule has 94 valence electrons. The topological polar surface area (TPSA) is 55.1 Å². The molecule has 0 fully saturated rings. The second-order valence-electron chi connectivity index (χ2n) is 4.27. The van der Waals surface area contributed by atoms with Crippen molar-refractivity contribution in [1.82, 2.24) is 9.55 Å². The minimum Gasteiger partial charge on any atom is -0.481 e. The van der Waals surface area contributed by atoms with Gasteiger partial charge in [-0.15, -0.1) is 0 Å². The summed E-state index contributed by atoms with van der Waals surface area (Å²) in [6, 6.07) is 0. The van der Waals surface area contributed by atoms with Gasteiger partial charge in [-0.3, -0.25) is 4.79 Å². The summed E-state index contributed by atoms with van der Waals surface area (Å²) in [6.07, 6.45) is 1.12. The number of imidazole rings is 1. The van der Waals surface area contributed by atoms with Crippen LogP contribution >= 0.6 is 0 Å². The van der Waals surface area contributed by atoms with Crippen LogP contribution in [0.4, 0.5) is 8.78 Å². The predicted octanol–water partition coefficient (Wildman–Crippen LogP) is 2.04. The minimum absolute atomic E-state index is 0.208. The maximum Gasteiger partial charge on any atom is 0.304 e. The van der Waals surface area contributed by atoms with Gasteiger partial charge in [-0.25, -0.2) is 13.8 Å². The summed E-state index contributed by atoms with van der Waals surface area (Å²) in [7, 11) is 0. The molecule has 1 aromatic rings. The average Bonchev–Trinajstić information content (AvgIpc) is 2.68. The van der Waals surface area contributed by atoms with Crippen LogP contribution in [-0.2, 0) is 17.8 Å². The highest BCUT2D eigenvalue weighted by Crippen LogP contribution is 2.27. The van der Waals surface area contributed by atoms with Gasteiger partial charge in [0.1, 0.15) is 5.82 Å². The number of carbonyl (C=O) groups is 1. The van der Waals surface area contributed by atoms with Crippen molar-refractivity contribution in [3.05, 3.63) is 17.7 Å². The Bertz CT molecular complexity index is 394. The van der Waals surface area contributed by atoms with Gasteiger partial charge in [0.05, 0.1) is 18.0 Å².